The molecule has 1 amide bonds. The number of carboxylic acid groups (broad SMARTS) is 1. The first-order chi connectivity index (χ1) is 13.5. The van der Waals surface area contributed by atoms with Crippen LogP contribution in [-0.2, 0) is 9.53 Å². The van der Waals surface area contributed by atoms with Gasteiger partial charge in [-0.25, -0.2) is 9.59 Å². The summed E-state index contributed by atoms with van der Waals surface area (Å²) in [6, 6.07) is 13.9. The Morgan fingerprint density at radius 3 is 2.61 bits per heavy atom. The van der Waals surface area contributed by atoms with Gasteiger partial charge in [0.05, 0.1) is 6.61 Å². The van der Waals surface area contributed by atoms with Gasteiger partial charge in [0.2, 0.25) is 0 Å². The number of carbonyl (C=O) groups excluding carboxylic acids is 1. The highest BCUT2D eigenvalue weighted by Gasteiger charge is 2.17. The maximum Gasteiger partial charge on any atom is 0.412 e. The van der Waals surface area contributed by atoms with Crippen molar-refractivity contribution in [1.82, 2.24) is 0 Å². The van der Waals surface area contributed by atoms with Crippen molar-refractivity contribution in [2.45, 2.75) is 12.5 Å². The second-order valence-electron chi connectivity index (χ2n) is 5.65. The topological polar surface area (TPSA) is 105 Å². The van der Waals surface area contributed by atoms with E-state index < -0.39 is 18.2 Å². The molecule has 0 heterocycles. The minimum atomic E-state index is -1.09. The van der Waals surface area contributed by atoms with Crippen LogP contribution in [0, 0.1) is 0 Å². The van der Waals surface area contributed by atoms with Gasteiger partial charge in [-0.1, -0.05) is 34.1 Å². The van der Waals surface area contributed by atoms with Crippen LogP contribution in [0.5, 0.6) is 5.75 Å². The van der Waals surface area contributed by atoms with E-state index in [4.69, 9.17) is 19.7 Å². The number of amides is 1. The maximum atomic E-state index is 12.3. The lowest BCUT2D eigenvalue weighted by Crippen LogP contribution is -2.17. The minimum absolute atomic E-state index is 0.124. The number of rotatable bonds is 9. The van der Waals surface area contributed by atoms with E-state index in [0.717, 1.165) is 10.5 Å². The number of aliphatic hydroxyl groups is 1. The fraction of sp³-hybridized carbons (Fsp3) is 0.200. The third kappa shape index (κ3) is 7.42. The zero-order chi connectivity index (χ0) is 20.4. The molecule has 0 saturated carbocycles. The number of benzene rings is 2. The second kappa shape index (κ2) is 11.1. The molecule has 0 aromatic heterocycles. The van der Waals surface area contributed by atoms with Gasteiger partial charge in [0, 0.05) is 22.7 Å². The summed E-state index contributed by atoms with van der Waals surface area (Å²) in [4.78, 5) is 23.0. The molecule has 0 fully saturated rings. The number of carbonyl (C=O) groups is 2. The number of aliphatic hydroxyl groups excluding tert-OH is 1. The van der Waals surface area contributed by atoms with E-state index in [-0.39, 0.29) is 19.6 Å². The smallest absolute Gasteiger partial charge is 0.412 e. The largest absolute Gasteiger partial charge is 0.491 e. The van der Waals surface area contributed by atoms with Gasteiger partial charge in [0.1, 0.15) is 18.5 Å². The van der Waals surface area contributed by atoms with Gasteiger partial charge < -0.3 is 19.7 Å². The lowest BCUT2D eigenvalue weighted by Gasteiger charge is -2.18. The van der Waals surface area contributed by atoms with Gasteiger partial charge in [-0.15, -0.1) is 0 Å². The fourth-order valence-electron chi connectivity index (χ4n) is 2.32. The zero-order valence-electron chi connectivity index (χ0n) is 14.9. The van der Waals surface area contributed by atoms with Gasteiger partial charge in [-0.2, -0.15) is 0 Å². The van der Waals surface area contributed by atoms with Crippen molar-refractivity contribution in [3.8, 4) is 5.75 Å². The summed E-state index contributed by atoms with van der Waals surface area (Å²) in [5, 5.41) is 20.3. The summed E-state index contributed by atoms with van der Waals surface area (Å²) in [5.41, 5.74) is 1.20. The average Bonchev–Trinajstić information content (AvgIpc) is 2.67. The minimum Gasteiger partial charge on any atom is -0.491 e. The molecule has 28 heavy (non-hydrogen) atoms. The quantitative estimate of drug-likeness (QED) is 0.496. The van der Waals surface area contributed by atoms with Crippen LogP contribution >= 0.6 is 15.9 Å². The number of aliphatic carboxylic acids is 1. The first-order valence-electron chi connectivity index (χ1n) is 8.44. The second-order valence-corrected chi connectivity index (χ2v) is 6.56. The van der Waals surface area contributed by atoms with Crippen molar-refractivity contribution in [3.63, 3.8) is 0 Å². The van der Waals surface area contributed by atoms with Crippen molar-refractivity contribution >= 4 is 33.7 Å². The van der Waals surface area contributed by atoms with Crippen molar-refractivity contribution in [3.05, 3.63) is 70.7 Å². The van der Waals surface area contributed by atoms with E-state index in [1.165, 1.54) is 6.08 Å². The third-order valence-corrected chi connectivity index (χ3v) is 4.07. The first kappa shape index (κ1) is 21.5. The van der Waals surface area contributed by atoms with Crippen LogP contribution in [0.2, 0.25) is 0 Å². The van der Waals surface area contributed by atoms with E-state index in [0.29, 0.717) is 17.0 Å². The highest BCUT2D eigenvalue weighted by atomic mass is 79.9. The molecular formula is C20H20BrNO6. The number of anilines is 1. The van der Waals surface area contributed by atoms with E-state index >= 15 is 0 Å². The van der Waals surface area contributed by atoms with Crippen LogP contribution < -0.4 is 10.1 Å². The summed E-state index contributed by atoms with van der Waals surface area (Å²) in [7, 11) is 0. The average molecular weight is 450 g/mol. The lowest BCUT2D eigenvalue weighted by molar-refractivity contribution is -0.131. The monoisotopic (exact) mass is 449 g/mol. The fourth-order valence-corrected chi connectivity index (χ4v) is 2.59. The van der Waals surface area contributed by atoms with Crippen LogP contribution in [0.3, 0.4) is 0 Å². The Morgan fingerprint density at radius 1 is 1.18 bits per heavy atom. The van der Waals surface area contributed by atoms with Gasteiger partial charge in [0.25, 0.3) is 0 Å². The summed E-state index contributed by atoms with van der Waals surface area (Å²) < 4.78 is 11.8. The molecule has 2 rings (SSSR count). The predicted molar refractivity (Wildman–Crippen MR) is 107 cm³/mol. The SMILES string of the molecule is O=C(O)/C=C/C[C@@H](OC(=O)Nc1ccc(Br)cc1)c1cccc(OCCO)c1. The Balaban J connectivity index is 2.12. The maximum absolute atomic E-state index is 12.3. The Morgan fingerprint density at radius 2 is 1.93 bits per heavy atom. The van der Waals surface area contributed by atoms with Crippen LogP contribution in [0.15, 0.2) is 65.2 Å². The third-order valence-electron chi connectivity index (χ3n) is 3.54. The number of hydrogen-bond donors (Lipinski definition) is 3. The molecule has 0 bridgehead atoms. The highest BCUT2D eigenvalue weighted by Crippen LogP contribution is 2.26. The van der Waals surface area contributed by atoms with Crippen molar-refractivity contribution in [2.75, 3.05) is 18.5 Å². The number of hydrogen-bond acceptors (Lipinski definition) is 5. The van der Waals surface area contributed by atoms with Crippen molar-refractivity contribution < 1.29 is 29.3 Å². The van der Waals surface area contributed by atoms with Crippen molar-refractivity contribution in [2.24, 2.45) is 0 Å². The van der Waals surface area contributed by atoms with Crippen LogP contribution in [0.4, 0.5) is 10.5 Å². The molecule has 7 nitrogen and oxygen atoms in total. The van der Waals surface area contributed by atoms with E-state index in [9.17, 15) is 9.59 Å². The molecule has 3 N–H and O–H groups in total. The van der Waals surface area contributed by atoms with Crippen molar-refractivity contribution in [1.29, 1.82) is 0 Å². The summed E-state index contributed by atoms with van der Waals surface area (Å²) >= 11 is 3.32. The van der Waals surface area contributed by atoms with Gasteiger partial charge >= 0.3 is 12.1 Å². The number of carboxylic acids is 1. The Labute approximate surface area is 170 Å². The molecule has 0 saturated heterocycles. The van der Waals surface area contributed by atoms with Crippen LogP contribution in [-0.4, -0.2) is 35.5 Å². The molecule has 0 aliphatic carbocycles. The van der Waals surface area contributed by atoms with Crippen LogP contribution in [0.1, 0.15) is 18.1 Å². The van der Waals surface area contributed by atoms with Gasteiger partial charge in [-0.05, 0) is 42.0 Å². The molecule has 148 valence electrons. The Kier molecular flexibility index (Phi) is 8.51. The summed E-state index contributed by atoms with van der Waals surface area (Å²) in [5.74, 6) is -0.575. The Hall–Kier alpha value is -2.84. The molecular weight excluding hydrogens is 430 g/mol. The summed E-state index contributed by atoms with van der Waals surface area (Å²) in [6.45, 7) is 0.0129. The molecule has 0 aliphatic rings. The molecule has 1 atom stereocenters. The normalized spacial score (nSPS) is 11.8. The van der Waals surface area contributed by atoms with Gasteiger partial charge in [0.15, 0.2) is 0 Å². The molecule has 0 aliphatic heterocycles. The lowest BCUT2D eigenvalue weighted by atomic mass is 10.1. The number of nitrogens with one attached hydrogen (secondary N) is 1. The number of halogens is 1. The highest BCUT2D eigenvalue weighted by molar-refractivity contribution is 9.10. The first-order valence-corrected chi connectivity index (χ1v) is 9.23. The molecule has 2 aromatic carbocycles. The van der Waals surface area contributed by atoms with Gasteiger partial charge in [-0.3, -0.25) is 5.32 Å². The molecule has 2 aromatic rings. The Bertz CT molecular complexity index is 822. The van der Waals surface area contributed by atoms with Crippen LogP contribution in [0.25, 0.3) is 0 Å². The molecule has 8 heteroatoms. The zero-order valence-corrected chi connectivity index (χ0v) is 16.5. The molecule has 0 radical (unpaired) electrons. The van der Waals surface area contributed by atoms with E-state index in [2.05, 4.69) is 21.2 Å². The van der Waals surface area contributed by atoms with E-state index in [1.807, 2.05) is 0 Å². The standard InChI is InChI=1S/C20H20BrNO6/c21-15-7-9-16(10-8-15)22-20(26)28-18(5-2-6-19(24)25)14-3-1-4-17(13-14)27-12-11-23/h1-4,6-10,13,18,23H,5,11-12H2,(H,22,26)(H,24,25)/b6-2+/t18-/m1/s1. The molecule has 0 spiro atoms. The molecule has 0 unspecified atom stereocenters. The summed E-state index contributed by atoms with van der Waals surface area (Å²) in [6.07, 6.45) is 1.20. The van der Waals surface area contributed by atoms with E-state index in [1.54, 1.807) is 48.5 Å². The predicted octanol–water partition coefficient (Wildman–Crippen LogP) is 4.14. The number of ether oxygens (including phenoxy) is 2.